The number of hydrogen-bond donors (Lipinski definition) is 1. The maximum absolute atomic E-state index is 5.79. The smallest absolute Gasteiger partial charge is 0.129 e. The van der Waals surface area contributed by atoms with E-state index < -0.39 is 0 Å². The molecule has 4 heteroatoms. The van der Waals surface area contributed by atoms with E-state index in [0.717, 1.165) is 24.5 Å². The first-order valence-electron chi connectivity index (χ1n) is 6.12. The molecule has 1 aromatic rings. The highest BCUT2D eigenvalue weighted by atomic mass is 16.5. The molecule has 1 saturated heterocycles. The van der Waals surface area contributed by atoms with Crippen LogP contribution in [-0.2, 0) is 16.1 Å². The average Bonchev–Trinajstić information content (AvgIpc) is 2.92. The van der Waals surface area contributed by atoms with Gasteiger partial charge in [0.25, 0.3) is 0 Å². The van der Waals surface area contributed by atoms with Crippen molar-refractivity contribution in [1.29, 1.82) is 0 Å². The van der Waals surface area contributed by atoms with E-state index in [1.807, 2.05) is 19.2 Å². The van der Waals surface area contributed by atoms with Gasteiger partial charge in [-0.15, -0.1) is 0 Å². The van der Waals surface area contributed by atoms with Gasteiger partial charge in [-0.1, -0.05) is 6.92 Å². The molecule has 0 spiro atoms. The Morgan fingerprint density at radius 3 is 2.94 bits per heavy atom. The number of rotatable bonds is 5. The van der Waals surface area contributed by atoms with E-state index in [1.165, 1.54) is 0 Å². The van der Waals surface area contributed by atoms with E-state index in [-0.39, 0.29) is 12.1 Å². The Labute approximate surface area is 102 Å². The summed E-state index contributed by atoms with van der Waals surface area (Å²) in [5.41, 5.74) is 0. The second-order valence-electron chi connectivity index (χ2n) is 4.60. The third-order valence-electron chi connectivity index (χ3n) is 3.36. The monoisotopic (exact) mass is 239 g/mol. The van der Waals surface area contributed by atoms with E-state index >= 15 is 0 Å². The number of hydrogen-bond acceptors (Lipinski definition) is 4. The summed E-state index contributed by atoms with van der Waals surface area (Å²) in [6.45, 7) is 3.58. The highest BCUT2D eigenvalue weighted by molar-refractivity contribution is 5.12. The van der Waals surface area contributed by atoms with Crippen molar-refractivity contribution in [3.63, 3.8) is 0 Å². The van der Waals surface area contributed by atoms with Crippen molar-refractivity contribution in [2.75, 3.05) is 20.8 Å². The van der Waals surface area contributed by atoms with Crippen LogP contribution in [0.2, 0.25) is 0 Å². The maximum Gasteiger partial charge on any atom is 0.129 e. The second-order valence-corrected chi connectivity index (χ2v) is 4.60. The van der Waals surface area contributed by atoms with Crippen LogP contribution in [-0.4, -0.2) is 26.9 Å². The lowest BCUT2D eigenvalue weighted by atomic mass is 9.96. The molecule has 2 rings (SSSR count). The standard InChI is InChI=1S/C13H21NO3/c1-9-6-7-16-13(9)12(14-2)11-5-4-10(17-11)8-15-3/h4-5,9,12-14H,6-8H2,1-3H3. The molecule has 0 aromatic carbocycles. The molecule has 4 nitrogen and oxygen atoms in total. The second kappa shape index (κ2) is 5.67. The van der Waals surface area contributed by atoms with E-state index in [9.17, 15) is 0 Å². The van der Waals surface area contributed by atoms with E-state index in [0.29, 0.717) is 12.5 Å². The Bertz CT molecular complexity index is 350. The molecule has 1 N–H and O–H groups in total. The van der Waals surface area contributed by atoms with E-state index in [1.54, 1.807) is 7.11 Å². The first-order chi connectivity index (χ1) is 8.26. The number of nitrogens with one attached hydrogen (secondary N) is 1. The van der Waals surface area contributed by atoms with Crippen molar-refractivity contribution >= 4 is 0 Å². The van der Waals surface area contributed by atoms with Crippen molar-refractivity contribution < 1.29 is 13.9 Å². The van der Waals surface area contributed by atoms with Gasteiger partial charge in [0.2, 0.25) is 0 Å². The highest BCUT2D eigenvalue weighted by Crippen LogP contribution is 2.31. The molecule has 3 unspecified atom stereocenters. The summed E-state index contributed by atoms with van der Waals surface area (Å²) < 4.78 is 16.6. The molecular weight excluding hydrogens is 218 g/mol. The molecule has 1 aromatic heterocycles. The third kappa shape index (κ3) is 2.70. The van der Waals surface area contributed by atoms with Crippen LogP contribution >= 0.6 is 0 Å². The number of furan rings is 1. The predicted molar refractivity (Wildman–Crippen MR) is 64.7 cm³/mol. The number of ether oxygens (including phenoxy) is 2. The lowest BCUT2D eigenvalue weighted by molar-refractivity contribution is 0.0550. The quantitative estimate of drug-likeness (QED) is 0.854. The van der Waals surface area contributed by atoms with Crippen LogP contribution in [0.5, 0.6) is 0 Å². The van der Waals surface area contributed by atoms with Gasteiger partial charge in [0.15, 0.2) is 0 Å². The molecule has 0 bridgehead atoms. The third-order valence-corrected chi connectivity index (χ3v) is 3.36. The molecule has 0 aliphatic carbocycles. The van der Waals surface area contributed by atoms with Gasteiger partial charge < -0.3 is 19.2 Å². The van der Waals surface area contributed by atoms with Crippen molar-refractivity contribution in [1.82, 2.24) is 5.32 Å². The van der Waals surface area contributed by atoms with Gasteiger partial charge in [-0.3, -0.25) is 0 Å². The summed E-state index contributed by atoms with van der Waals surface area (Å²) in [6.07, 6.45) is 1.32. The van der Waals surface area contributed by atoms with Crippen molar-refractivity contribution in [3.05, 3.63) is 23.7 Å². The zero-order valence-corrected chi connectivity index (χ0v) is 10.7. The molecule has 0 amide bonds. The van der Waals surface area contributed by atoms with E-state index in [4.69, 9.17) is 13.9 Å². The van der Waals surface area contributed by atoms with Gasteiger partial charge in [-0.25, -0.2) is 0 Å². The van der Waals surface area contributed by atoms with Gasteiger partial charge >= 0.3 is 0 Å². The predicted octanol–water partition coefficient (Wildman–Crippen LogP) is 2.11. The minimum atomic E-state index is 0.123. The molecule has 2 heterocycles. The molecule has 17 heavy (non-hydrogen) atoms. The normalized spacial score (nSPS) is 26.3. The lowest BCUT2D eigenvalue weighted by Crippen LogP contribution is -2.32. The summed E-state index contributed by atoms with van der Waals surface area (Å²) in [6, 6.07) is 4.09. The summed E-state index contributed by atoms with van der Waals surface area (Å²) >= 11 is 0. The number of likely N-dealkylation sites (N-methyl/N-ethyl adjacent to an activating group) is 1. The minimum absolute atomic E-state index is 0.123. The fraction of sp³-hybridized carbons (Fsp3) is 0.692. The Kier molecular flexibility index (Phi) is 4.20. The lowest BCUT2D eigenvalue weighted by Gasteiger charge is -2.23. The summed E-state index contributed by atoms with van der Waals surface area (Å²) in [5, 5.41) is 3.29. The van der Waals surface area contributed by atoms with Crippen LogP contribution in [0.15, 0.2) is 16.5 Å². The van der Waals surface area contributed by atoms with Crippen molar-refractivity contribution in [2.45, 2.75) is 32.1 Å². The number of methoxy groups -OCH3 is 1. The molecule has 1 aliphatic rings. The molecule has 0 radical (unpaired) electrons. The Balaban J connectivity index is 2.10. The van der Waals surface area contributed by atoms with Gasteiger partial charge in [-0.05, 0) is 31.5 Å². The molecule has 0 saturated carbocycles. The Morgan fingerprint density at radius 1 is 1.53 bits per heavy atom. The van der Waals surface area contributed by atoms with Crippen LogP contribution in [0.1, 0.15) is 30.9 Å². The van der Waals surface area contributed by atoms with E-state index in [2.05, 4.69) is 12.2 Å². The first kappa shape index (κ1) is 12.6. The van der Waals surface area contributed by atoms with Gasteiger partial charge in [-0.2, -0.15) is 0 Å². The topological polar surface area (TPSA) is 43.6 Å². The van der Waals surface area contributed by atoms with Crippen LogP contribution in [0.4, 0.5) is 0 Å². The van der Waals surface area contributed by atoms with Crippen LogP contribution in [0.25, 0.3) is 0 Å². The van der Waals surface area contributed by atoms with Crippen LogP contribution in [0, 0.1) is 5.92 Å². The molecule has 1 aliphatic heterocycles. The summed E-state index contributed by atoms with van der Waals surface area (Å²) in [5.74, 6) is 2.34. The molecule has 1 fully saturated rings. The fourth-order valence-electron chi connectivity index (χ4n) is 2.39. The fourth-order valence-corrected chi connectivity index (χ4v) is 2.39. The Hall–Kier alpha value is -0.840. The maximum atomic E-state index is 5.79. The molecule has 96 valence electrons. The SMILES string of the molecule is CNC(c1ccc(COC)o1)C1OCCC1C. The molecule has 3 atom stereocenters. The zero-order valence-electron chi connectivity index (χ0n) is 10.7. The Morgan fingerprint density at radius 2 is 2.35 bits per heavy atom. The van der Waals surface area contributed by atoms with Crippen molar-refractivity contribution in [3.8, 4) is 0 Å². The zero-order chi connectivity index (χ0) is 12.3. The molecular formula is C13H21NO3. The summed E-state index contributed by atoms with van der Waals surface area (Å²) in [7, 11) is 3.61. The highest BCUT2D eigenvalue weighted by Gasteiger charge is 2.33. The van der Waals surface area contributed by atoms with Crippen LogP contribution < -0.4 is 5.32 Å². The minimum Gasteiger partial charge on any atom is -0.462 e. The summed E-state index contributed by atoms with van der Waals surface area (Å²) in [4.78, 5) is 0. The van der Waals surface area contributed by atoms with Gasteiger partial charge in [0, 0.05) is 13.7 Å². The largest absolute Gasteiger partial charge is 0.462 e. The van der Waals surface area contributed by atoms with Gasteiger partial charge in [0.05, 0.1) is 12.1 Å². The first-order valence-corrected chi connectivity index (χ1v) is 6.12. The average molecular weight is 239 g/mol. The van der Waals surface area contributed by atoms with Crippen molar-refractivity contribution in [2.24, 2.45) is 5.92 Å². The van der Waals surface area contributed by atoms with Crippen LogP contribution in [0.3, 0.4) is 0 Å². The van der Waals surface area contributed by atoms with Gasteiger partial charge in [0.1, 0.15) is 18.1 Å².